The Hall–Kier alpha value is -3.32. The molecule has 0 aliphatic carbocycles. The summed E-state index contributed by atoms with van der Waals surface area (Å²) in [6.45, 7) is 7.38. The van der Waals surface area contributed by atoms with Gasteiger partial charge in [0.1, 0.15) is 23.2 Å². The first-order chi connectivity index (χ1) is 17.3. The zero-order valence-corrected chi connectivity index (χ0v) is 22.8. The lowest BCUT2D eigenvalue weighted by molar-refractivity contribution is -0.134. The zero-order chi connectivity index (χ0) is 27.5. The molecular weight excluding hydrogens is 502 g/mol. The van der Waals surface area contributed by atoms with Gasteiger partial charge in [-0.1, -0.05) is 12.1 Å². The Balaban J connectivity index is 1.91. The molecule has 1 aliphatic rings. The second kappa shape index (κ2) is 11.4. The molecule has 2 heterocycles. The molecular formula is C24H35N5O7S. The van der Waals surface area contributed by atoms with E-state index < -0.39 is 22.2 Å². The molecule has 1 aliphatic heterocycles. The van der Waals surface area contributed by atoms with Gasteiger partial charge in [0.15, 0.2) is 5.76 Å². The Kier molecular flexibility index (Phi) is 8.69. The van der Waals surface area contributed by atoms with Crippen molar-refractivity contribution in [2.75, 3.05) is 43.0 Å². The topological polar surface area (TPSA) is 154 Å². The number of carbonyl (C=O) groups is 2. The van der Waals surface area contributed by atoms with Crippen LogP contribution in [-0.2, 0) is 21.2 Å². The van der Waals surface area contributed by atoms with E-state index >= 15 is 0 Å². The molecule has 37 heavy (non-hydrogen) atoms. The smallest absolute Gasteiger partial charge is 0.321 e. The maximum absolute atomic E-state index is 13.2. The van der Waals surface area contributed by atoms with Crippen molar-refractivity contribution in [1.29, 1.82) is 0 Å². The van der Waals surface area contributed by atoms with Crippen molar-refractivity contribution in [3.05, 3.63) is 35.2 Å². The number of benzene rings is 1. The molecule has 0 fully saturated rings. The lowest BCUT2D eigenvalue weighted by atomic mass is 10.0. The Morgan fingerprint density at radius 3 is 2.65 bits per heavy atom. The summed E-state index contributed by atoms with van der Waals surface area (Å²) in [6.07, 6.45) is 0.482. The number of likely N-dealkylation sites (N-methyl/N-ethyl adjacent to an activating group) is 1. The van der Waals surface area contributed by atoms with E-state index in [4.69, 9.17) is 9.26 Å². The van der Waals surface area contributed by atoms with Crippen LogP contribution in [0, 0.1) is 19.8 Å². The predicted molar refractivity (Wildman–Crippen MR) is 138 cm³/mol. The van der Waals surface area contributed by atoms with Gasteiger partial charge in [-0.25, -0.2) is 13.2 Å². The highest BCUT2D eigenvalue weighted by molar-refractivity contribution is 7.92. The fourth-order valence-electron chi connectivity index (χ4n) is 4.14. The molecule has 3 N–H and O–H groups in total. The van der Waals surface area contributed by atoms with Crippen LogP contribution >= 0.6 is 0 Å². The number of urea groups is 1. The minimum absolute atomic E-state index is 0.0409. The summed E-state index contributed by atoms with van der Waals surface area (Å²) >= 11 is 0. The summed E-state index contributed by atoms with van der Waals surface area (Å²) in [4.78, 5) is 29.2. The molecule has 0 bridgehead atoms. The van der Waals surface area contributed by atoms with Crippen molar-refractivity contribution in [1.82, 2.24) is 15.0 Å². The van der Waals surface area contributed by atoms with Crippen LogP contribution < -0.4 is 14.8 Å². The number of hydrogen-bond donors (Lipinski definition) is 3. The molecule has 3 atom stereocenters. The lowest BCUT2D eigenvalue weighted by Gasteiger charge is -2.34. The van der Waals surface area contributed by atoms with Crippen LogP contribution in [0.5, 0.6) is 5.75 Å². The highest BCUT2D eigenvalue weighted by atomic mass is 32.2. The van der Waals surface area contributed by atoms with Gasteiger partial charge in [-0.05, 0) is 39.0 Å². The molecule has 1 aromatic carbocycles. The van der Waals surface area contributed by atoms with E-state index in [1.807, 2.05) is 6.92 Å². The third-order valence-corrected chi connectivity index (χ3v) is 6.89. The number of aromatic nitrogens is 1. The molecule has 2 aromatic rings. The van der Waals surface area contributed by atoms with E-state index in [1.54, 1.807) is 50.9 Å². The van der Waals surface area contributed by atoms with Gasteiger partial charge >= 0.3 is 6.03 Å². The lowest BCUT2D eigenvalue weighted by Crippen LogP contribution is -2.48. The SMILES string of the molecule is Cc1noc(C)c1NC(=O)N(C)C[C@@H]1Oc2ccc(NS(C)(=O)=O)cc2CC(=O)N([C@H](C)CO)C[C@@H]1C. The minimum atomic E-state index is -3.52. The van der Waals surface area contributed by atoms with Gasteiger partial charge in [-0.3, -0.25) is 9.52 Å². The predicted octanol–water partition coefficient (Wildman–Crippen LogP) is 1.98. The number of anilines is 2. The number of amides is 3. The summed E-state index contributed by atoms with van der Waals surface area (Å²) in [5.41, 5.74) is 1.87. The zero-order valence-electron chi connectivity index (χ0n) is 21.9. The molecule has 0 saturated heterocycles. The Labute approximate surface area is 217 Å². The highest BCUT2D eigenvalue weighted by Crippen LogP contribution is 2.29. The Morgan fingerprint density at radius 2 is 2.05 bits per heavy atom. The maximum Gasteiger partial charge on any atom is 0.321 e. The van der Waals surface area contributed by atoms with Gasteiger partial charge in [0.2, 0.25) is 15.9 Å². The molecule has 0 spiro atoms. The number of aliphatic hydroxyl groups is 1. The van der Waals surface area contributed by atoms with Crippen LogP contribution in [0.2, 0.25) is 0 Å². The van der Waals surface area contributed by atoms with E-state index in [9.17, 15) is 23.1 Å². The molecule has 0 saturated carbocycles. The van der Waals surface area contributed by atoms with E-state index in [0.29, 0.717) is 40.7 Å². The number of hydrogen-bond acceptors (Lipinski definition) is 8. The number of nitrogens with one attached hydrogen (secondary N) is 2. The average molecular weight is 538 g/mol. The van der Waals surface area contributed by atoms with Gasteiger partial charge in [0, 0.05) is 30.8 Å². The summed E-state index contributed by atoms with van der Waals surface area (Å²) in [5.74, 6) is 0.472. The Morgan fingerprint density at radius 1 is 1.35 bits per heavy atom. The number of fused-ring (bicyclic) bond motifs is 1. The molecule has 13 heteroatoms. The monoisotopic (exact) mass is 537 g/mol. The van der Waals surface area contributed by atoms with Crippen LogP contribution in [0.4, 0.5) is 16.2 Å². The first-order valence-corrected chi connectivity index (χ1v) is 13.8. The van der Waals surface area contributed by atoms with Crippen LogP contribution in [0.3, 0.4) is 0 Å². The van der Waals surface area contributed by atoms with Crippen molar-refractivity contribution in [2.24, 2.45) is 5.92 Å². The third-order valence-electron chi connectivity index (χ3n) is 6.29. The summed E-state index contributed by atoms with van der Waals surface area (Å²) in [5, 5.41) is 16.4. The van der Waals surface area contributed by atoms with E-state index in [2.05, 4.69) is 15.2 Å². The van der Waals surface area contributed by atoms with Gasteiger partial charge in [0.25, 0.3) is 0 Å². The first kappa shape index (κ1) is 28.3. The van der Waals surface area contributed by atoms with Crippen LogP contribution in [0.25, 0.3) is 0 Å². The van der Waals surface area contributed by atoms with Gasteiger partial charge in [-0.2, -0.15) is 0 Å². The van der Waals surface area contributed by atoms with Crippen molar-refractivity contribution >= 4 is 33.3 Å². The molecule has 3 amide bonds. The quantitative estimate of drug-likeness (QED) is 0.484. The normalized spacial score (nSPS) is 19.1. The average Bonchev–Trinajstić information content (AvgIpc) is 3.14. The Bertz CT molecular complexity index is 1230. The number of ether oxygens (including phenoxy) is 1. The summed E-state index contributed by atoms with van der Waals surface area (Å²) in [7, 11) is -1.89. The van der Waals surface area contributed by atoms with E-state index in [1.165, 1.54) is 4.90 Å². The highest BCUT2D eigenvalue weighted by Gasteiger charge is 2.32. The molecule has 12 nitrogen and oxygen atoms in total. The molecule has 0 radical (unpaired) electrons. The van der Waals surface area contributed by atoms with Crippen LogP contribution in [-0.4, -0.2) is 85.6 Å². The number of aryl methyl sites for hydroxylation is 2. The maximum atomic E-state index is 13.2. The number of rotatable bonds is 7. The fraction of sp³-hybridized carbons (Fsp3) is 0.542. The number of aliphatic hydroxyl groups excluding tert-OH is 1. The molecule has 0 unspecified atom stereocenters. The summed E-state index contributed by atoms with van der Waals surface area (Å²) in [6, 6.07) is 3.93. The van der Waals surface area contributed by atoms with Crippen LogP contribution in [0.15, 0.2) is 22.7 Å². The minimum Gasteiger partial charge on any atom is -0.488 e. The van der Waals surface area contributed by atoms with Gasteiger partial charge < -0.3 is 29.5 Å². The first-order valence-electron chi connectivity index (χ1n) is 11.9. The second-order valence-corrected chi connectivity index (χ2v) is 11.3. The van der Waals surface area contributed by atoms with Crippen LogP contribution in [0.1, 0.15) is 30.9 Å². The molecule has 3 rings (SSSR count). The van der Waals surface area contributed by atoms with Gasteiger partial charge in [-0.15, -0.1) is 0 Å². The summed E-state index contributed by atoms with van der Waals surface area (Å²) < 4.78 is 37.3. The van der Waals surface area contributed by atoms with Crippen molar-refractivity contribution < 1.29 is 32.4 Å². The van der Waals surface area contributed by atoms with Crippen molar-refractivity contribution in [2.45, 2.75) is 46.3 Å². The number of nitrogens with zero attached hydrogens (tertiary/aromatic N) is 3. The fourth-order valence-corrected chi connectivity index (χ4v) is 4.70. The number of sulfonamides is 1. The van der Waals surface area contributed by atoms with Gasteiger partial charge in [0.05, 0.1) is 31.9 Å². The standard InChI is InChI=1S/C24H35N5O7S/c1-14-11-29(15(2)13-30)22(31)10-18-9-19(27-37(6,33)34)7-8-20(18)35-21(14)12-28(5)24(32)25-23-16(3)26-36-17(23)4/h7-9,14-15,21,27,30H,10-13H2,1-6H3,(H,25,32)/t14-,15+,21-/m0/s1. The second-order valence-electron chi connectivity index (χ2n) is 9.59. The van der Waals surface area contributed by atoms with Crippen molar-refractivity contribution in [3.8, 4) is 5.75 Å². The van der Waals surface area contributed by atoms with Crippen molar-refractivity contribution in [3.63, 3.8) is 0 Å². The third kappa shape index (κ3) is 7.13. The van der Waals surface area contributed by atoms with E-state index in [-0.39, 0.29) is 37.4 Å². The molecule has 1 aromatic heterocycles. The van der Waals surface area contributed by atoms with E-state index in [0.717, 1.165) is 6.26 Å². The largest absolute Gasteiger partial charge is 0.488 e. The molecule has 204 valence electrons. The number of carbonyl (C=O) groups excluding carboxylic acids is 2.